The molecule has 3 aromatic rings. The Labute approximate surface area is 170 Å². The second-order valence-electron chi connectivity index (χ2n) is 7.45. The van der Waals surface area contributed by atoms with E-state index in [0.29, 0.717) is 35.2 Å². The lowest BCUT2D eigenvalue weighted by atomic mass is 10.2. The van der Waals surface area contributed by atoms with Gasteiger partial charge in [-0.2, -0.15) is 4.98 Å². The molecule has 0 spiro atoms. The summed E-state index contributed by atoms with van der Waals surface area (Å²) >= 11 is 0. The van der Waals surface area contributed by atoms with Gasteiger partial charge in [0, 0.05) is 30.0 Å². The van der Waals surface area contributed by atoms with Crippen molar-refractivity contribution < 1.29 is 12.9 Å². The maximum atomic E-state index is 13.4. The SMILES string of the molecule is CCn1c(C)c(-c2nc(C3CC3)no2)c(S(=O)(=O)N[C@H](C)c2ccccn2)c1C. The fraction of sp³-hybridized carbons (Fsp3) is 0.450. The molecule has 9 heteroatoms. The highest BCUT2D eigenvalue weighted by Gasteiger charge is 2.34. The first-order valence-corrected chi connectivity index (χ1v) is 11.3. The third-order valence-electron chi connectivity index (χ3n) is 5.37. The first-order chi connectivity index (χ1) is 13.8. The topological polar surface area (TPSA) is 103 Å². The van der Waals surface area contributed by atoms with Crippen molar-refractivity contribution in [2.24, 2.45) is 0 Å². The molecule has 1 aliphatic rings. The number of nitrogens with zero attached hydrogens (tertiary/aromatic N) is 4. The van der Waals surface area contributed by atoms with Crippen LogP contribution in [0.3, 0.4) is 0 Å². The molecule has 0 radical (unpaired) electrons. The smallest absolute Gasteiger partial charge is 0.261 e. The van der Waals surface area contributed by atoms with E-state index in [4.69, 9.17) is 4.52 Å². The number of hydrogen-bond donors (Lipinski definition) is 1. The van der Waals surface area contributed by atoms with Crippen LogP contribution < -0.4 is 4.72 Å². The Hall–Kier alpha value is -2.52. The van der Waals surface area contributed by atoms with E-state index in [1.807, 2.05) is 24.5 Å². The van der Waals surface area contributed by atoms with Crippen molar-refractivity contribution in [1.29, 1.82) is 0 Å². The molecule has 3 aromatic heterocycles. The van der Waals surface area contributed by atoms with Gasteiger partial charge in [-0.1, -0.05) is 11.2 Å². The van der Waals surface area contributed by atoms with Crippen LogP contribution in [0.15, 0.2) is 33.8 Å². The third-order valence-corrected chi connectivity index (χ3v) is 7.07. The average molecular weight is 416 g/mol. The Morgan fingerprint density at radius 3 is 2.66 bits per heavy atom. The summed E-state index contributed by atoms with van der Waals surface area (Å²) in [5, 5.41) is 4.07. The summed E-state index contributed by atoms with van der Waals surface area (Å²) in [6, 6.07) is 4.94. The van der Waals surface area contributed by atoms with Crippen LogP contribution >= 0.6 is 0 Å². The maximum absolute atomic E-state index is 13.4. The van der Waals surface area contributed by atoms with Crippen molar-refractivity contribution >= 4 is 10.0 Å². The molecular formula is C20H25N5O3S. The van der Waals surface area contributed by atoms with Crippen molar-refractivity contribution in [2.75, 3.05) is 0 Å². The highest BCUT2D eigenvalue weighted by Crippen LogP contribution is 2.41. The van der Waals surface area contributed by atoms with Gasteiger partial charge in [0.1, 0.15) is 4.90 Å². The number of hydrogen-bond acceptors (Lipinski definition) is 6. The number of rotatable bonds is 7. The van der Waals surface area contributed by atoms with Gasteiger partial charge >= 0.3 is 0 Å². The lowest BCUT2D eigenvalue weighted by molar-refractivity contribution is 0.421. The minimum Gasteiger partial charge on any atom is -0.347 e. The van der Waals surface area contributed by atoms with Gasteiger partial charge in [0.25, 0.3) is 5.89 Å². The van der Waals surface area contributed by atoms with Gasteiger partial charge in [-0.25, -0.2) is 13.1 Å². The Balaban J connectivity index is 1.79. The fourth-order valence-corrected chi connectivity index (χ4v) is 5.44. The summed E-state index contributed by atoms with van der Waals surface area (Å²) < 4.78 is 37.0. The first-order valence-electron chi connectivity index (χ1n) is 9.80. The molecule has 1 N–H and O–H groups in total. The molecule has 4 rings (SSSR count). The molecular weight excluding hydrogens is 390 g/mol. The van der Waals surface area contributed by atoms with E-state index in [2.05, 4.69) is 19.8 Å². The van der Waals surface area contributed by atoms with Crippen molar-refractivity contribution in [3.63, 3.8) is 0 Å². The van der Waals surface area contributed by atoms with E-state index in [1.54, 1.807) is 32.2 Å². The van der Waals surface area contributed by atoms with Gasteiger partial charge in [-0.05, 0) is 52.7 Å². The summed E-state index contributed by atoms with van der Waals surface area (Å²) in [5.74, 6) is 1.23. The molecule has 154 valence electrons. The predicted molar refractivity (Wildman–Crippen MR) is 108 cm³/mol. The molecule has 0 aromatic carbocycles. The van der Waals surface area contributed by atoms with Crippen LogP contribution in [-0.4, -0.2) is 28.1 Å². The number of sulfonamides is 1. The molecule has 0 unspecified atom stereocenters. The quantitative estimate of drug-likeness (QED) is 0.634. The molecule has 1 fully saturated rings. The molecule has 1 aliphatic carbocycles. The summed E-state index contributed by atoms with van der Waals surface area (Å²) in [6.45, 7) is 8.08. The normalized spacial score (nSPS) is 15.6. The number of nitrogens with one attached hydrogen (secondary N) is 1. The van der Waals surface area contributed by atoms with E-state index in [0.717, 1.165) is 18.5 Å². The van der Waals surface area contributed by atoms with Crippen LogP contribution in [0.2, 0.25) is 0 Å². The second kappa shape index (κ2) is 7.38. The first kappa shape index (κ1) is 19.8. The van der Waals surface area contributed by atoms with Crippen LogP contribution in [0.5, 0.6) is 0 Å². The molecule has 0 saturated heterocycles. The van der Waals surface area contributed by atoms with E-state index < -0.39 is 16.1 Å². The zero-order valence-electron chi connectivity index (χ0n) is 17.0. The molecule has 3 heterocycles. The zero-order valence-corrected chi connectivity index (χ0v) is 17.8. The number of pyridine rings is 1. The Bertz CT molecular complexity index is 1130. The van der Waals surface area contributed by atoms with Gasteiger partial charge in [0.15, 0.2) is 5.82 Å². The maximum Gasteiger partial charge on any atom is 0.261 e. The summed E-state index contributed by atoms with van der Waals surface area (Å²) in [4.78, 5) is 8.95. The summed E-state index contributed by atoms with van der Waals surface area (Å²) in [5.41, 5.74) is 2.56. The van der Waals surface area contributed by atoms with E-state index >= 15 is 0 Å². The lowest BCUT2D eigenvalue weighted by Crippen LogP contribution is -2.28. The summed E-state index contributed by atoms with van der Waals surface area (Å²) in [6.07, 6.45) is 3.73. The molecule has 1 saturated carbocycles. The molecule has 8 nitrogen and oxygen atoms in total. The number of aromatic nitrogens is 4. The van der Waals surface area contributed by atoms with E-state index in [9.17, 15) is 8.42 Å². The van der Waals surface area contributed by atoms with E-state index in [1.165, 1.54) is 0 Å². The zero-order chi connectivity index (χ0) is 20.8. The van der Waals surface area contributed by atoms with Gasteiger partial charge in [-0.3, -0.25) is 4.98 Å². The van der Waals surface area contributed by atoms with Crippen LogP contribution in [0.25, 0.3) is 11.5 Å². The highest BCUT2D eigenvalue weighted by atomic mass is 32.2. The third kappa shape index (κ3) is 3.60. The fourth-order valence-electron chi connectivity index (χ4n) is 3.74. The molecule has 0 bridgehead atoms. The largest absolute Gasteiger partial charge is 0.347 e. The molecule has 0 amide bonds. The Morgan fingerprint density at radius 1 is 1.28 bits per heavy atom. The lowest BCUT2D eigenvalue weighted by Gasteiger charge is -2.14. The van der Waals surface area contributed by atoms with Crippen molar-refractivity contribution in [3.8, 4) is 11.5 Å². The highest BCUT2D eigenvalue weighted by molar-refractivity contribution is 7.89. The second-order valence-corrected chi connectivity index (χ2v) is 9.10. The average Bonchev–Trinajstić information content (AvgIpc) is 3.37. The van der Waals surface area contributed by atoms with Crippen LogP contribution in [-0.2, 0) is 16.6 Å². The van der Waals surface area contributed by atoms with E-state index in [-0.39, 0.29) is 10.8 Å². The molecule has 29 heavy (non-hydrogen) atoms. The van der Waals surface area contributed by atoms with Gasteiger partial charge in [-0.15, -0.1) is 0 Å². The van der Waals surface area contributed by atoms with Gasteiger partial charge in [0.2, 0.25) is 10.0 Å². The van der Waals surface area contributed by atoms with Crippen molar-refractivity contribution in [3.05, 3.63) is 47.3 Å². The predicted octanol–water partition coefficient (Wildman–Crippen LogP) is 3.49. The van der Waals surface area contributed by atoms with Crippen molar-refractivity contribution in [2.45, 2.75) is 63.9 Å². The molecule has 1 atom stereocenters. The summed E-state index contributed by atoms with van der Waals surface area (Å²) in [7, 11) is -3.86. The minimum atomic E-state index is -3.86. The standard InChI is InChI=1S/C20H25N5O3S/c1-5-25-13(3)17(20-22-19(23-28-20)15-9-10-15)18(14(25)4)29(26,27)24-12(2)16-8-6-7-11-21-16/h6-8,11-12,15,24H,5,9-10H2,1-4H3/t12-/m1/s1. The monoisotopic (exact) mass is 415 g/mol. The van der Waals surface area contributed by atoms with Crippen LogP contribution in [0, 0.1) is 13.8 Å². The van der Waals surface area contributed by atoms with Crippen molar-refractivity contribution in [1.82, 2.24) is 24.4 Å². The van der Waals surface area contributed by atoms with Crippen LogP contribution in [0.4, 0.5) is 0 Å². The van der Waals surface area contributed by atoms with Crippen LogP contribution in [0.1, 0.15) is 61.6 Å². The van der Waals surface area contributed by atoms with Gasteiger partial charge < -0.3 is 9.09 Å². The van der Waals surface area contributed by atoms with Gasteiger partial charge in [0.05, 0.1) is 17.3 Å². The Morgan fingerprint density at radius 2 is 2.03 bits per heavy atom. The minimum absolute atomic E-state index is 0.186. The molecule has 0 aliphatic heterocycles. The Kier molecular flexibility index (Phi) is 5.04.